The van der Waals surface area contributed by atoms with Crippen LogP contribution in [0.25, 0.3) is 0 Å². The van der Waals surface area contributed by atoms with Gasteiger partial charge in [0, 0.05) is 18.0 Å². The SMILES string of the molecule is NCc1sccc1S(=O)(=O)NCC1CCS(=O)(=O)C1. The Bertz CT molecular complexity index is 648. The molecule has 1 fully saturated rings. The van der Waals surface area contributed by atoms with Gasteiger partial charge in [-0.1, -0.05) is 0 Å². The van der Waals surface area contributed by atoms with E-state index in [0.717, 1.165) is 0 Å². The Morgan fingerprint density at radius 3 is 2.79 bits per heavy atom. The first kappa shape index (κ1) is 14.9. The summed E-state index contributed by atoms with van der Waals surface area (Å²) in [7, 11) is -6.58. The van der Waals surface area contributed by atoms with E-state index >= 15 is 0 Å². The van der Waals surface area contributed by atoms with E-state index in [1.807, 2.05) is 0 Å². The predicted octanol–water partition coefficient (Wildman–Crippen LogP) is -0.0802. The zero-order chi connectivity index (χ0) is 14.1. The molecule has 0 saturated carbocycles. The van der Waals surface area contributed by atoms with E-state index in [1.54, 1.807) is 5.38 Å². The van der Waals surface area contributed by atoms with Crippen LogP contribution in [0.15, 0.2) is 16.3 Å². The molecule has 9 heteroatoms. The van der Waals surface area contributed by atoms with Gasteiger partial charge in [-0.25, -0.2) is 21.6 Å². The van der Waals surface area contributed by atoms with E-state index < -0.39 is 19.9 Å². The van der Waals surface area contributed by atoms with Crippen LogP contribution in [-0.4, -0.2) is 34.9 Å². The third kappa shape index (κ3) is 3.54. The fraction of sp³-hybridized carbons (Fsp3) is 0.600. The molecule has 0 aliphatic carbocycles. The molecule has 1 aliphatic rings. The Morgan fingerprint density at radius 1 is 1.47 bits per heavy atom. The quantitative estimate of drug-likeness (QED) is 0.788. The Hall–Kier alpha value is -0.480. The average molecular weight is 324 g/mol. The average Bonchev–Trinajstić information content (AvgIpc) is 2.93. The van der Waals surface area contributed by atoms with Crippen LogP contribution < -0.4 is 10.5 Å². The van der Waals surface area contributed by atoms with E-state index in [0.29, 0.717) is 11.3 Å². The van der Waals surface area contributed by atoms with Crippen molar-refractivity contribution in [2.45, 2.75) is 17.9 Å². The Morgan fingerprint density at radius 2 is 2.21 bits per heavy atom. The largest absolute Gasteiger partial charge is 0.326 e. The van der Waals surface area contributed by atoms with Crippen LogP contribution in [0, 0.1) is 5.92 Å². The number of hydrogen-bond acceptors (Lipinski definition) is 6. The second-order valence-corrected chi connectivity index (χ2v) is 9.50. The van der Waals surface area contributed by atoms with Gasteiger partial charge in [0.15, 0.2) is 9.84 Å². The molecule has 0 amide bonds. The number of nitrogens with two attached hydrogens (primary N) is 1. The maximum Gasteiger partial charge on any atom is 0.241 e. The fourth-order valence-corrected chi connectivity index (χ4v) is 6.37. The topological polar surface area (TPSA) is 106 Å². The normalized spacial score (nSPS) is 22.7. The zero-order valence-corrected chi connectivity index (χ0v) is 12.7. The number of nitrogens with one attached hydrogen (secondary N) is 1. The van der Waals surface area contributed by atoms with Gasteiger partial charge in [-0.3, -0.25) is 0 Å². The molecule has 108 valence electrons. The number of sulfone groups is 1. The van der Waals surface area contributed by atoms with Crippen molar-refractivity contribution < 1.29 is 16.8 Å². The molecule has 3 N–H and O–H groups in total. The van der Waals surface area contributed by atoms with Crippen molar-refractivity contribution in [3.63, 3.8) is 0 Å². The molecule has 1 aromatic rings. The van der Waals surface area contributed by atoms with Gasteiger partial charge in [0.2, 0.25) is 10.0 Å². The highest BCUT2D eigenvalue weighted by Gasteiger charge is 2.29. The number of rotatable bonds is 5. The standard InChI is InChI=1S/C10H16N2O4S3/c11-5-9-10(1-3-17-9)19(15,16)12-6-8-2-4-18(13,14)7-8/h1,3,8,12H,2,4-7,11H2. The Balaban J connectivity index is 2.03. The van der Waals surface area contributed by atoms with E-state index in [9.17, 15) is 16.8 Å². The highest BCUT2D eigenvalue weighted by Crippen LogP contribution is 2.22. The molecule has 0 aromatic carbocycles. The molecule has 2 rings (SSSR count). The molecule has 0 radical (unpaired) electrons. The van der Waals surface area contributed by atoms with Crippen LogP contribution in [0.2, 0.25) is 0 Å². The lowest BCUT2D eigenvalue weighted by atomic mass is 10.1. The zero-order valence-electron chi connectivity index (χ0n) is 10.2. The summed E-state index contributed by atoms with van der Waals surface area (Å²) in [5, 5.41) is 1.68. The van der Waals surface area contributed by atoms with E-state index in [2.05, 4.69) is 4.72 Å². The van der Waals surface area contributed by atoms with E-state index in [1.165, 1.54) is 17.4 Å². The molecule has 0 bridgehead atoms. The second kappa shape index (κ2) is 5.49. The summed E-state index contributed by atoms with van der Waals surface area (Å²) < 4.78 is 49.2. The van der Waals surface area contributed by atoms with Crippen molar-refractivity contribution >= 4 is 31.2 Å². The third-order valence-electron chi connectivity index (χ3n) is 3.07. The molecule has 1 atom stereocenters. The summed E-state index contributed by atoms with van der Waals surface area (Å²) >= 11 is 1.29. The molecular weight excluding hydrogens is 308 g/mol. The smallest absolute Gasteiger partial charge is 0.241 e. The van der Waals surface area contributed by atoms with Crippen molar-refractivity contribution in [3.05, 3.63) is 16.3 Å². The monoisotopic (exact) mass is 324 g/mol. The van der Waals surface area contributed by atoms with Gasteiger partial charge in [0.1, 0.15) is 0 Å². The van der Waals surface area contributed by atoms with Crippen molar-refractivity contribution in [2.75, 3.05) is 18.1 Å². The molecule has 2 heterocycles. The minimum atomic E-state index is -3.60. The van der Waals surface area contributed by atoms with Crippen molar-refractivity contribution in [3.8, 4) is 0 Å². The van der Waals surface area contributed by atoms with Gasteiger partial charge in [0.05, 0.1) is 16.4 Å². The van der Waals surface area contributed by atoms with Gasteiger partial charge in [0.25, 0.3) is 0 Å². The van der Waals surface area contributed by atoms with Crippen LogP contribution in [0.3, 0.4) is 0 Å². The molecule has 1 aliphatic heterocycles. The predicted molar refractivity (Wildman–Crippen MR) is 74.2 cm³/mol. The maximum atomic E-state index is 12.1. The first-order valence-electron chi connectivity index (χ1n) is 5.80. The van der Waals surface area contributed by atoms with Crippen molar-refractivity contribution in [1.29, 1.82) is 0 Å². The summed E-state index contributed by atoms with van der Waals surface area (Å²) in [6.07, 6.45) is 0.512. The van der Waals surface area contributed by atoms with Gasteiger partial charge in [-0.15, -0.1) is 11.3 Å². The molecule has 1 aromatic heterocycles. The van der Waals surface area contributed by atoms with Crippen LogP contribution in [0.4, 0.5) is 0 Å². The van der Waals surface area contributed by atoms with Gasteiger partial charge >= 0.3 is 0 Å². The molecule has 19 heavy (non-hydrogen) atoms. The van der Waals surface area contributed by atoms with Crippen molar-refractivity contribution in [2.24, 2.45) is 11.7 Å². The molecule has 1 unspecified atom stereocenters. The Labute approximate surface area is 117 Å². The first-order chi connectivity index (χ1) is 8.84. The summed E-state index contributed by atoms with van der Waals surface area (Å²) in [6, 6.07) is 1.51. The van der Waals surface area contributed by atoms with Gasteiger partial charge in [-0.05, 0) is 23.8 Å². The Kier molecular flexibility index (Phi) is 4.31. The van der Waals surface area contributed by atoms with Crippen LogP contribution in [-0.2, 0) is 26.4 Å². The maximum absolute atomic E-state index is 12.1. The van der Waals surface area contributed by atoms with E-state index in [-0.39, 0.29) is 35.4 Å². The summed E-state index contributed by atoms with van der Waals surface area (Å²) in [5.41, 5.74) is 5.48. The van der Waals surface area contributed by atoms with Crippen molar-refractivity contribution in [1.82, 2.24) is 4.72 Å². The molecule has 0 spiro atoms. The second-order valence-electron chi connectivity index (χ2n) is 4.53. The minimum absolute atomic E-state index is 0.0584. The lowest BCUT2D eigenvalue weighted by Crippen LogP contribution is -2.30. The fourth-order valence-electron chi connectivity index (χ4n) is 2.06. The van der Waals surface area contributed by atoms with Crippen LogP contribution in [0.5, 0.6) is 0 Å². The summed E-state index contributed by atoms with van der Waals surface area (Å²) in [5.74, 6) is 0.0640. The number of hydrogen-bond donors (Lipinski definition) is 2. The molecule has 1 saturated heterocycles. The number of thiophene rings is 1. The van der Waals surface area contributed by atoms with E-state index in [4.69, 9.17) is 5.73 Å². The third-order valence-corrected chi connectivity index (χ3v) is 7.49. The summed E-state index contributed by atoms with van der Waals surface area (Å²) in [4.78, 5) is 0.799. The highest BCUT2D eigenvalue weighted by molar-refractivity contribution is 7.91. The minimum Gasteiger partial charge on any atom is -0.326 e. The van der Waals surface area contributed by atoms with Crippen LogP contribution >= 0.6 is 11.3 Å². The molecular formula is C10H16N2O4S3. The summed E-state index contributed by atoms with van der Waals surface area (Å²) in [6.45, 7) is 0.327. The number of sulfonamides is 1. The molecule has 6 nitrogen and oxygen atoms in total. The first-order valence-corrected chi connectivity index (χ1v) is 9.99. The van der Waals surface area contributed by atoms with Gasteiger partial charge in [-0.2, -0.15) is 0 Å². The highest BCUT2D eigenvalue weighted by atomic mass is 32.2. The van der Waals surface area contributed by atoms with Gasteiger partial charge < -0.3 is 5.73 Å². The lowest BCUT2D eigenvalue weighted by molar-refractivity contribution is 0.543. The van der Waals surface area contributed by atoms with Crippen LogP contribution in [0.1, 0.15) is 11.3 Å². The lowest BCUT2D eigenvalue weighted by Gasteiger charge is -2.10.